The quantitative estimate of drug-likeness (QED) is 0.474. The summed E-state index contributed by atoms with van der Waals surface area (Å²) < 4.78 is 5.07. The predicted octanol–water partition coefficient (Wildman–Crippen LogP) is 2.39. The Labute approximate surface area is 115 Å². The Kier molecular flexibility index (Phi) is 4.39. The van der Waals surface area contributed by atoms with Crippen LogP contribution in [0.15, 0.2) is 48.8 Å². The van der Waals surface area contributed by atoms with Gasteiger partial charge in [-0.2, -0.15) is 0 Å². The fourth-order valence-corrected chi connectivity index (χ4v) is 1.72. The van der Waals surface area contributed by atoms with Crippen LogP contribution < -0.4 is 0 Å². The molecule has 0 amide bonds. The van der Waals surface area contributed by atoms with E-state index in [9.17, 15) is 14.9 Å². The lowest BCUT2D eigenvalue weighted by Crippen LogP contribution is -2.09. The van der Waals surface area contributed by atoms with E-state index in [2.05, 4.69) is 4.98 Å². The van der Waals surface area contributed by atoms with Gasteiger partial charge in [-0.05, 0) is 12.1 Å². The van der Waals surface area contributed by atoms with Crippen LogP contribution in [-0.2, 0) is 11.2 Å². The van der Waals surface area contributed by atoms with Crippen LogP contribution in [0.3, 0.4) is 0 Å². The van der Waals surface area contributed by atoms with Crippen molar-refractivity contribution >= 4 is 11.7 Å². The molecule has 0 N–H and O–H groups in total. The maximum Gasteiger partial charge on any atom is 0.339 e. The molecule has 0 bridgehead atoms. The summed E-state index contributed by atoms with van der Waals surface area (Å²) in [5.74, 6) is -0.489. The second kappa shape index (κ2) is 6.42. The number of nitrogens with zero attached hydrogens (tertiary/aromatic N) is 2. The number of rotatable bonds is 5. The molecule has 0 fully saturated rings. The molecule has 2 aromatic rings. The molecule has 0 saturated heterocycles. The SMILES string of the molecule is O=C(OCCc1ccccc1[N+](=O)[O-])c1cccnc1. The summed E-state index contributed by atoms with van der Waals surface area (Å²) in [7, 11) is 0. The third-order valence-corrected chi connectivity index (χ3v) is 2.69. The minimum Gasteiger partial charge on any atom is -0.462 e. The first-order valence-electron chi connectivity index (χ1n) is 5.98. The van der Waals surface area contributed by atoms with Crippen molar-refractivity contribution in [3.8, 4) is 0 Å². The van der Waals surface area contributed by atoms with Crippen molar-refractivity contribution in [3.63, 3.8) is 0 Å². The summed E-state index contributed by atoms with van der Waals surface area (Å²) in [6.45, 7) is 0.0819. The molecule has 102 valence electrons. The molecule has 0 unspecified atom stereocenters. The minimum atomic E-state index is -0.489. The van der Waals surface area contributed by atoms with Crippen LogP contribution in [0.1, 0.15) is 15.9 Å². The van der Waals surface area contributed by atoms with Crippen molar-refractivity contribution in [3.05, 3.63) is 70.0 Å². The molecule has 1 heterocycles. The van der Waals surface area contributed by atoms with Crippen molar-refractivity contribution in [2.24, 2.45) is 0 Å². The maximum atomic E-state index is 11.7. The Hall–Kier alpha value is -2.76. The van der Waals surface area contributed by atoms with Gasteiger partial charge in [-0.3, -0.25) is 15.1 Å². The van der Waals surface area contributed by atoms with Gasteiger partial charge in [0, 0.05) is 30.4 Å². The van der Waals surface area contributed by atoms with E-state index in [1.165, 1.54) is 12.3 Å². The lowest BCUT2D eigenvalue weighted by atomic mass is 10.1. The van der Waals surface area contributed by atoms with Crippen LogP contribution in [0.25, 0.3) is 0 Å². The topological polar surface area (TPSA) is 82.3 Å². The molecule has 0 aliphatic heterocycles. The van der Waals surface area contributed by atoms with Gasteiger partial charge in [0.15, 0.2) is 0 Å². The number of hydrogen-bond acceptors (Lipinski definition) is 5. The predicted molar refractivity (Wildman–Crippen MR) is 71.3 cm³/mol. The van der Waals surface area contributed by atoms with Crippen molar-refractivity contribution in [1.29, 1.82) is 0 Å². The van der Waals surface area contributed by atoms with Gasteiger partial charge >= 0.3 is 5.97 Å². The molecule has 1 aromatic carbocycles. The molecule has 20 heavy (non-hydrogen) atoms. The number of nitro groups is 1. The first-order chi connectivity index (χ1) is 9.68. The van der Waals surface area contributed by atoms with Crippen LogP contribution >= 0.6 is 0 Å². The second-order valence-corrected chi connectivity index (χ2v) is 4.01. The summed E-state index contributed by atoms with van der Waals surface area (Å²) in [4.78, 5) is 25.9. The summed E-state index contributed by atoms with van der Waals surface area (Å²) in [5, 5.41) is 10.8. The van der Waals surface area contributed by atoms with E-state index in [4.69, 9.17) is 4.74 Å². The lowest BCUT2D eigenvalue weighted by Gasteiger charge is -2.05. The highest BCUT2D eigenvalue weighted by Gasteiger charge is 2.13. The highest BCUT2D eigenvalue weighted by Crippen LogP contribution is 2.18. The van der Waals surface area contributed by atoms with E-state index in [0.717, 1.165) is 0 Å². The third-order valence-electron chi connectivity index (χ3n) is 2.69. The molecule has 0 aliphatic rings. The first kappa shape index (κ1) is 13.7. The number of hydrogen-bond donors (Lipinski definition) is 0. The Balaban J connectivity index is 1.94. The molecular formula is C14H12N2O4. The number of benzene rings is 1. The van der Waals surface area contributed by atoms with E-state index in [1.54, 1.807) is 36.5 Å². The number of carbonyl (C=O) groups is 1. The van der Waals surface area contributed by atoms with Crippen molar-refractivity contribution in [1.82, 2.24) is 4.98 Å². The average Bonchev–Trinajstić information content (AvgIpc) is 2.48. The van der Waals surface area contributed by atoms with E-state index in [0.29, 0.717) is 17.5 Å². The highest BCUT2D eigenvalue weighted by atomic mass is 16.6. The number of pyridine rings is 1. The smallest absolute Gasteiger partial charge is 0.339 e. The number of carbonyl (C=O) groups excluding carboxylic acids is 1. The van der Waals surface area contributed by atoms with Gasteiger partial charge in [0.2, 0.25) is 0 Å². The maximum absolute atomic E-state index is 11.7. The number of esters is 1. The molecule has 0 aliphatic carbocycles. The van der Waals surface area contributed by atoms with Crippen LogP contribution in [0, 0.1) is 10.1 Å². The Bertz CT molecular complexity index is 614. The zero-order valence-electron chi connectivity index (χ0n) is 10.6. The number of ether oxygens (including phenoxy) is 1. The van der Waals surface area contributed by atoms with E-state index >= 15 is 0 Å². The molecule has 0 saturated carbocycles. The molecule has 2 rings (SSSR count). The summed E-state index contributed by atoms with van der Waals surface area (Å²) in [5.41, 5.74) is 0.927. The van der Waals surface area contributed by atoms with Gasteiger partial charge in [-0.1, -0.05) is 18.2 Å². The number of para-hydroxylation sites is 1. The van der Waals surface area contributed by atoms with Crippen molar-refractivity contribution in [2.45, 2.75) is 6.42 Å². The van der Waals surface area contributed by atoms with Crippen LogP contribution in [0.2, 0.25) is 0 Å². The van der Waals surface area contributed by atoms with Gasteiger partial charge < -0.3 is 4.74 Å². The van der Waals surface area contributed by atoms with Crippen molar-refractivity contribution < 1.29 is 14.5 Å². The van der Waals surface area contributed by atoms with Crippen LogP contribution in [0.4, 0.5) is 5.69 Å². The average molecular weight is 272 g/mol. The van der Waals surface area contributed by atoms with Gasteiger partial charge in [0.25, 0.3) is 5.69 Å². The van der Waals surface area contributed by atoms with Gasteiger partial charge in [-0.15, -0.1) is 0 Å². The Morgan fingerprint density at radius 3 is 2.75 bits per heavy atom. The Morgan fingerprint density at radius 2 is 2.05 bits per heavy atom. The standard InChI is InChI=1S/C14H12N2O4/c17-14(12-5-3-8-15-10-12)20-9-7-11-4-1-2-6-13(11)16(18)19/h1-6,8,10H,7,9H2. The number of nitro benzene ring substituents is 1. The van der Waals surface area contributed by atoms with E-state index in [1.807, 2.05) is 0 Å². The fourth-order valence-electron chi connectivity index (χ4n) is 1.72. The molecule has 1 aromatic heterocycles. The summed E-state index contributed by atoms with van der Waals surface area (Å²) >= 11 is 0. The van der Waals surface area contributed by atoms with Gasteiger partial charge in [-0.25, -0.2) is 4.79 Å². The molecular weight excluding hydrogens is 260 g/mol. The fraction of sp³-hybridized carbons (Fsp3) is 0.143. The molecule has 6 heteroatoms. The molecule has 0 radical (unpaired) electrons. The molecule has 6 nitrogen and oxygen atoms in total. The van der Waals surface area contributed by atoms with E-state index < -0.39 is 10.9 Å². The minimum absolute atomic E-state index is 0.0323. The van der Waals surface area contributed by atoms with Gasteiger partial charge in [0.1, 0.15) is 0 Å². The second-order valence-electron chi connectivity index (χ2n) is 4.01. The Morgan fingerprint density at radius 1 is 1.25 bits per heavy atom. The highest BCUT2D eigenvalue weighted by molar-refractivity contribution is 5.88. The first-order valence-corrected chi connectivity index (χ1v) is 5.98. The third kappa shape index (κ3) is 3.38. The summed E-state index contributed by atoms with van der Waals surface area (Å²) in [6.07, 6.45) is 3.26. The monoisotopic (exact) mass is 272 g/mol. The van der Waals surface area contributed by atoms with E-state index in [-0.39, 0.29) is 12.3 Å². The largest absolute Gasteiger partial charge is 0.462 e. The van der Waals surface area contributed by atoms with Gasteiger partial charge in [0.05, 0.1) is 17.1 Å². The lowest BCUT2D eigenvalue weighted by molar-refractivity contribution is -0.385. The summed E-state index contributed by atoms with van der Waals surface area (Å²) in [6, 6.07) is 9.63. The van der Waals surface area contributed by atoms with Crippen molar-refractivity contribution in [2.75, 3.05) is 6.61 Å². The normalized spacial score (nSPS) is 10.0. The number of aromatic nitrogens is 1. The zero-order chi connectivity index (χ0) is 14.4. The molecule has 0 spiro atoms. The molecule has 0 atom stereocenters. The zero-order valence-corrected chi connectivity index (χ0v) is 10.6. The van der Waals surface area contributed by atoms with Crippen LogP contribution in [-0.4, -0.2) is 22.5 Å². The van der Waals surface area contributed by atoms with Crippen LogP contribution in [0.5, 0.6) is 0 Å².